The summed E-state index contributed by atoms with van der Waals surface area (Å²) in [4.78, 5) is 0. The van der Waals surface area contributed by atoms with E-state index in [1.54, 1.807) is 0 Å². The molecule has 0 aliphatic rings. The number of hydrogen-bond acceptors (Lipinski definition) is 2. The molecule has 3 heteroatoms. The first-order valence-corrected chi connectivity index (χ1v) is 9.70. The van der Waals surface area contributed by atoms with Gasteiger partial charge in [-0.25, -0.2) is 0 Å². The molecule has 0 heterocycles. The van der Waals surface area contributed by atoms with Gasteiger partial charge in [0, 0.05) is 12.4 Å². The van der Waals surface area contributed by atoms with Crippen LogP contribution in [0, 0.1) is 0 Å². The van der Waals surface area contributed by atoms with Crippen LogP contribution in [-0.4, -0.2) is 19.0 Å². The number of nitrogens with two attached hydrogens (primary N) is 1. The molecule has 0 amide bonds. The van der Waals surface area contributed by atoms with Crippen molar-refractivity contribution < 1.29 is 4.74 Å². The lowest BCUT2D eigenvalue weighted by Gasteiger charge is -2.17. The Morgan fingerprint density at radius 2 is 1.30 bits per heavy atom. The molecule has 0 unspecified atom stereocenters. The number of allylic oxidation sites excluding steroid dienone is 1. The largest absolute Gasteiger partial charge is 0.492 e. The molecule has 3 aromatic carbocycles. The summed E-state index contributed by atoms with van der Waals surface area (Å²) in [6, 6.07) is 29.1. The molecule has 0 bridgehead atoms. The van der Waals surface area contributed by atoms with Gasteiger partial charge in [0.05, 0.1) is 0 Å². The summed E-state index contributed by atoms with van der Waals surface area (Å²) in [5.41, 5.74) is 11.5. The third-order valence-electron chi connectivity index (χ3n) is 4.36. The van der Waals surface area contributed by atoms with E-state index in [0.29, 0.717) is 19.0 Å². The van der Waals surface area contributed by atoms with Crippen molar-refractivity contribution in [2.75, 3.05) is 19.0 Å². The first kappa shape index (κ1) is 19.2. The molecule has 0 spiro atoms. The van der Waals surface area contributed by atoms with Crippen LogP contribution < -0.4 is 10.5 Å². The lowest BCUT2D eigenvalue weighted by Crippen LogP contribution is -2.10. The first-order valence-electron chi connectivity index (χ1n) is 9.16. The number of hydrogen-bond donors (Lipinski definition) is 1. The SMILES string of the molecule is NCCOc1ccc(/C(=C(/CCCl)c2ccccc2)c2ccccc2)cc1. The highest BCUT2D eigenvalue weighted by atomic mass is 35.5. The molecular weight excluding hydrogens is 354 g/mol. The first-order chi connectivity index (χ1) is 13.3. The second-order valence-corrected chi connectivity index (χ2v) is 6.56. The average molecular weight is 378 g/mol. The van der Waals surface area contributed by atoms with Crippen LogP contribution in [0.4, 0.5) is 0 Å². The zero-order valence-corrected chi connectivity index (χ0v) is 16.0. The van der Waals surface area contributed by atoms with Gasteiger partial charge in [-0.15, -0.1) is 11.6 Å². The molecule has 0 fully saturated rings. The molecule has 2 N–H and O–H groups in total. The van der Waals surface area contributed by atoms with Crippen LogP contribution in [0.1, 0.15) is 23.1 Å². The van der Waals surface area contributed by atoms with Gasteiger partial charge in [0.1, 0.15) is 12.4 Å². The summed E-state index contributed by atoms with van der Waals surface area (Å²) in [7, 11) is 0. The normalized spacial score (nSPS) is 11.8. The molecule has 0 aliphatic carbocycles. The number of ether oxygens (including phenoxy) is 1. The van der Waals surface area contributed by atoms with Crippen molar-refractivity contribution in [2.24, 2.45) is 5.73 Å². The quantitative estimate of drug-likeness (QED) is 0.409. The van der Waals surface area contributed by atoms with E-state index in [0.717, 1.165) is 17.7 Å². The Bertz CT molecular complexity index is 858. The average Bonchev–Trinajstić information content (AvgIpc) is 2.74. The molecule has 0 radical (unpaired) electrons. The van der Waals surface area contributed by atoms with Crippen LogP contribution in [-0.2, 0) is 0 Å². The summed E-state index contributed by atoms with van der Waals surface area (Å²) in [6.45, 7) is 1.02. The minimum atomic E-state index is 0.505. The van der Waals surface area contributed by atoms with Crippen molar-refractivity contribution in [3.8, 4) is 5.75 Å². The Hall–Kier alpha value is -2.55. The summed E-state index contributed by atoms with van der Waals surface area (Å²) in [5, 5.41) is 0. The van der Waals surface area contributed by atoms with Gasteiger partial charge < -0.3 is 10.5 Å². The summed E-state index contributed by atoms with van der Waals surface area (Å²) in [5.74, 6) is 1.40. The Labute approximate surface area is 166 Å². The summed E-state index contributed by atoms with van der Waals surface area (Å²) < 4.78 is 5.63. The van der Waals surface area contributed by atoms with E-state index in [1.165, 1.54) is 22.3 Å². The van der Waals surface area contributed by atoms with E-state index in [-0.39, 0.29) is 0 Å². The fourth-order valence-electron chi connectivity index (χ4n) is 3.16. The zero-order chi connectivity index (χ0) is 18.9. The van der Waals surface area contributed by atoms with E-state index in [1.807, 2.05) is 24.3 Å². The van der Waals surface area contributed by atoms with Gasteiger partial charge in [0.15, 0.2) is 0 Å². The van der Waals surface area contributed by atoms with Crippen LogP contribution in [0.2, 0.25) is 0 Å². The van der Waals surface area contributed by atoms with Gasteiger partial charge in [-0.05, 0) is 46.4 Å². The summed E-state index contributed by atoms with van der Waals surface area (Å²) in [6.07, 6.45) is 0.793. The Balaban J connectivity index is 2.13. The van der Waals surface area contributed by atoms with Gasteiger partial charge in [0.2, 0.25) is 0 Å². The fourth-order valence-corrected chi connectivity index (χ4v) is 3.35. The van der Waals surface area contributed by atoms with E-state index < -0.39 is 0 Å². The topological polar surface area (TPSA) is 35.2 Å². The molecule has 0 saturated carbocycles. The highest BCUT2D eigenvalue weighted by molar-refractivity contribution is 6.18. The summed E-state index contributed by atoms with van der Waals surface area (Å²) >= 11 is 6.18. The standard InChI is InChI=1S/C24H24ClNO/c25-16-15-23(19-7-3-1-4-8-19)24(20-9-5-2-6-10-20)21-11-13-22(14-12-21)27-18-17-26/h1-14H,15-18,26H2/b24-23-. The van der Waals surface area contributed by atoms with E-state index in [2.05, 4.69) is 60.7 Å². The van der Waals surface area contributed by atoms with Gasteiger partial charge in [0.25, 0.3) is 0 Å². The minimum absolute atomic E-state index is 0.505. The number of halogens is 1. The molecular formula is C24H24ClNO. The third kappa shape index (κ3) is 5.00. The number of benzene rings is 3. The minimum Gasteiger partial charge on any atom is -0.492 e. The highest BCUT2D eigenvalue weighted by Crippen LogP contribution is 2.35. The molecule has 0 aromatic heterocycles. The van der Waals surface area contributed by atoms with Gasteiger partial charge in [-0.3, -0.25) is 0 Å². The number of rotatable bonds is 8. The number of alkyl halides is 1. The second-order valence-electron chi connectivity index (χ2n) is 6.19. The van der Waals surface area contributed by atoms with Crippen molar-refractivity contribution in [3.05, 3.63) is 102 Å². The van der Waals surface area contributed by atoms with Crippen LogP contribution in [0.3, 0.4) is 0 Å². The van der Waals surface area contributed by atoms with Crippen LogP contribution >= 0.6 is 11.6 Å². The third-order valence-corrected chi connectivity index (χ3v) is 4.55. The van der Waals surface area contributed by atoms with Crippen molar-refractivity contribution in [3.63, 3.8) is 0 Å². The maximum Gasteiger partial charge on any atom is 0.119 e. The molecule has 0 atom stereocenters. The maximum atomic E-state index is 6.18. The molecule has 3 aromatic rings. The van der Waals surface area contributed by atoms with Gasteiger partial charge >= 0.3 is 0 Å². The fraction of sp³-hybridized carbons (Fsp3) is 0.167. The Kier molecular flexibility index (Phi) is 7.09. The molecule has 0 saturated heterocycles. The lowest BCUT2D eigenvalue weighted by atomic mass is 9.88. The Morgan fingerprint density at radius 1 is 0.741 bits per heavy atom. The predicted molar refractivity (Wildman–Crippen MR) is 115 cm³/mol. The van der Waals surface area contributed by atoms with Crippen molar-refractivity contribution in [1.82, 2.24) is 0 Å². The van der Waals surface area contributed by atoms with E-state index >= 15 is 0 Å². The van der Waals surface area contributed by atoms with E-state index in [4.69, 9.17) is 22.1 Å². The van der Waals surface area contributed by atoms with Crippen molar-refractivity contribution >= 4 is 22.7 Å². The maximum absolute atomic E-state index is 6.18. The van der Waals surface area contributed by atoms with Crippen LogP contribution in [0.25, 0.3) is 11.1 Å². The predicted octanol–water partition coefficient (Wildman–Crippen LogP) is 5.61. The zero-order valence-electron chi connectivity index (χ0n) is 15.3. The lowest BCUT2D eigenvalue weighted by molar-refractivity contribution is 0.328. The molecule has 2 nitrogen and oxygen atoms in total. The van der Waals surface area contributed by atoms with Gasteiger partial charge in [-0.2, -0.15) is 0 Å². The monoisotopic (exact) mass is 377 g/mol. The van der Waals surface area contributed by atoms with Crippen LogP contribution in [0.15, 0.2) is 84.9 Å². The highest BCUT2D eigenvalue weighted by Gasteiger charge is 2.14. The van der Waals surface area contributed by atoms with E-state index in [9.17, 15) is 0 Å². The second kappa shape index (κ2) is 9.96. The molecule has 138 valence electrons. The van der Waals surface area contributed by atoms with Crippen LogP contribution in [0.5, 0.6) is 5.75 Å². The van der Waals surface area contributed by atoms with Crippen molar-refractivity contribution in [2.45, 2.75) is 6.42 Å². The van der Waals surface area contributed by atoms with Gasteiger partial charge in [-0.1, -0.05) is 72.8 Å². The molecule has 27 heavy (non-hydrogen) atoms. The molecule has 0 aliphatic heterocycles. The Morgan fingerprint density at radius 3 is 1.85 bits per heavy atom. The molecule has 3 rings (SSSR count). The van der Waals surface area contributed by atoms with Crippen molar-refractivity contribution in [1.29, 1.82) is 0 Å². The smallest absolute Gasteiger partial charge is 0.119 e.